The summed E-state index contributed by atoms with van der Waals surface area (Å²) in [5, 5.41) is 0. The third kappa shape index (κ3) is 2.38. The summed E-state index contributed by atoms with van der Waals surface area (Å²) >= 11 is 0. The van der Waals surface area contributed by atoms with E-state index in [9.17, 15) is 9.59 Å². The van der Waals surface area contributed by atoms with E-state index in [2.05, 4.69) is 9.88 Å². The molecule has 0 aromatic carbocycles. The van der Waals surface area contributed by atoms with Crippen LogP contribution >= 0.6 is 0 Å². The lowest BCUT2D eigenvalue weighted by molar-refractivity contribution is -0.158. The molecule has 106 valence electrons. The first-order valence-corrected chi connectivity index (χ1v) is 6.82. The summed E-state index contributed by atoms with van der Waals surface area (Å²) in [6.07, 6.45) is 1.77. The molecule has 0 N–H and O–H groups in total. The predicted octanol–water partition coefficient (Wildman–Crippen LogP) is -0.434. The molecule has 1 atom stereocenters. The van der Waals surface area contributed by atoms with E-state index in [0.29, 0.717) is 13.1 Å². The Bertz CT molecular complexity index is 519. The lowest BCUT2D eigenvalue weighted by atomic mass is 10.1. The fourth-order valence-corrected chi connectivity index (χ4v) is 2.84. The van der Waals surface area contributed by atoms with Gasteiger partial charge in [0.1, 0.15) is 6.04 Å². The lowest BCUT2D eigenvalue weighted by Crippen LogP contribution is -2.65. The molecule has 0 saturated carbocycles. The van der Waals surface area contributed by atoms with Gasteiger partial charge < -0.3 is 9.80 Å². The van der Waals surface area contributed by atoms with E-state index in [1.54, 1.807) is 18.1 Å². The number of piperazine rings is 2. The van der Waals surface area contributed by atoms with Gasteiger partial charge in [-0.1, -0.05) is 6.07 Å². The zero-order valence-electron chi connectivity index (χ0n) is 11.5. The number of hydrogen-bond donors (Lipinski definition) is 0. The number of aromatic nitrogens is 1. The Balaban J connectivity index is 1.70. The summed E-state index contributed by atoms with van der Waals surface area (Å²) in [7, 11) is 1.69. The van der Waals surface area contributed by atoms with Crippen LogP contribution in [0.25, 0.3) is 0 Å². The summed E-state index contributed by atoms with van der Waals surface area (Å²) in [5.74, 6) is 0.0879. The van der Waals surface area contributed by atoms with Crippen LogP contribution in [0, 0.1) is 0 Å². The molecule has 2 fully saturated rings. The average Bonchev–Trinajstić information content (AvgIpc) is 2.46. The first kappa shape index (κ1) is 13.1. The fraction of sp³-hybridized carbons (Fsp3) is 0.500. The number of nitrogens with zero attached hydrogens (tertiary/aromatic N) is 4. The maximum atomic E-state index is 12.2. The van der Waals surface area contributed by atoms with Gasteiger partial charge in [-0.25, -0.2) is 0 Å². The Kier molecular flexibility index (Phi) is 3.40. The van der Waals surface area contributed by atoms with Gasteiger partial charge >= 0.3 is 0 Å². The molecule has 2 aliphatic heterocycles. The van der Waals surface area contributed by atoms with Gasteiger partial charge in [-0.2, -0.15) is 0 Å². The monoisotopic (exact) mass is 274 g/mol. The van der Waals surface area contributed by atoms with Crippen LogP contribution in [0.3, 0.4) is 0 Å². The summed E-state index contributed by atoms with van der Waals surface area (Å²) in [6, 6.07) is 5.49. The molecule has 0 unspecified atom stereocenters. The predicted molar refractivity (Wildman–Crippen MR) is 72.7 cm³/mol. The zero-order chi connectivity index (χ0) is 14.1. The standard InChI is InChI=1S/C14H18N4O2/c1-16-10-13(19)18-7-6-17(9-12(18)14(16)20)8-11-4-2-3-5-15-11/h2-5,12H,6-10H2,1H3/t12-/m1/s1. The van der Waals surface area contributed by atoms with Crippen LogP contribution in [0.4, 0.5) is 0 Å². The molecular weight excluding hydrogens is 256 g/mol. The third-order valence-corrected chi connectivity index (χ3v) is 3.93. The molecule has 0 aliphatic carbocycles. The van der Waals surface area contributed by atoms with Gasteiger partial charge in [-0.3, -0.25) is 19.5 Å². The van der Waals surface area contributed by atoms with Crippen molar-refractivity contribution < 1.29 is 9.59 Å². The SMILES string of the molecule is CN1CC(=O)N2CCN(Cc3ccccn3)C[C@@H]2C1=O. The van der Waals surface area contributed by atoms with Crippen molar-refractivity contribution in [2.45, 2.75) is 12.6 Å². The number of fused-ring (bicyclic) bond motifs is 1. The minimum absolute atomic E-state index is 0.0373. The number of carbonyl (C=O) groups is 2. The summed E-state index contributed by atoms with van der Waals surface area (Å²) in [5.41, 5.74) is 0.990. The van der Waals surface area contributed by atoms with E-state index in [-0.39, 0.29) is 24.4 Å². The molecule has 0 bridgehead atoms. The Morgan fingerprint density at radius 1 is 1.30 bits per heavy atom. The van der Waals surface area contributed by atoms with Crippen molar-refractivity contribution in [3.8, 4) is 0 Å². The number of likely N-dealkylation sites (N-methyl/N-ethyl adjacent to an activating group) is 1. The Labute approximate surface area is 118 Å². The van der Waals surface area contributed by atoms with E-state index in [1.807, 2.05) is 18.2 Å². The Morgan fingerprint density at radius 2 is 2.15 bits per heavy atom. The largest absolute Gasteiger partial charge is 0.335 e. The van der Waals surface area contributed by atoms with E-state index >= 15 is 0 Å². The molecule has 2 aliphatic rings. The van der Waals surface area contributed by atoms with E-state index in [0.717, 1.165) is 18.8 Å². The summed E-state index contributed by atoms with van der Waals surface area (Å²) < 4.78 is 0. The molecule has 3 heterocycles. The molecule has 0 spiro atoms. The van der Waals surface area contributed by atoms with E-state index < -0.39 is 0 Å². The number of hydrogen-bond acceptors (Lipinski definition) is 4. The summed E-state index contributed by atoms with van der Waals surface area (Å²) in [6.45, 7) is 2.92. The third-order valence-electron chi connectivity index (χ3n) is 3.93. The van der Waals surface area contributed by atoms with Crippen LogP contribution in [0.5, 0.6) is 0 Å². The van der Waals surface area contributed by atoms with Gasteiger partial charge in [0.15, 0.2) is 0 Å². The zero-order valence-corrected chi connectivity index (χ0v) is 11.5. The summed E-state index contributed by atoms with van der Waals surface area (Å²) in [4.78, 5) is 33.9. The van der Waals surface area contributed by atoms with Crippen LogP contribution in [0.2, 0.25) is 0 Å². The molecule has 6 heteroatoms. The first-order valence-electron chi connectivity index (χ1n) is 6.82. The van der Waals surface area contributed by atoms with Gasteiger partial charge in [-0.05, 0) is 12.1 Å². The Morgan fingerprint density at radius 3 is 2.90 bits per heavy atom. The van der Waals surface area contributed by atoms with Crippen molar-refractivity contribution in [3.05, 3.63) is 30.1 Å². The molecule has 1 aromatic rings. The number of rotatable bonds is 2. The molecule has 2 saturated heterocycles. The minimum Gasteiger partial charge on any atom is -0.335 e. The van der Waals surface area contributed by atoms with Crippen LogP contribution in [0.1, 0.15) is 5.69 Å². The maximum absolute atomic E-state index is 12.2. The molecular formula is C14H18N4O2. The topological polar surface area (TPSA) is 56.8 Å². The Hall–Kier alpha value is -1.95. The van der Waals surface area contributed by atoms with Crippen molar-refractivity contribution in [1.82, 2.24) is 19.7 Å². The number of carbonyl (C=O) groups excluding carboxylic acids is 2. The van der Waals surface area contributed by atoms with Crippen LogP contribution in [0.15, 0.2) is 24.4 Å². The smallest absolute Gasteiger partial charge is 0.246 e. The quantitative estimate of drug-likeness (QED) is 0.734. The highest BCUT2D eigenvalue weighted by Crippen LogP contribution is 2.18. The van der Waals surface area contributed by atoms with Gasteiger partial charge in [0, 0.05) is 39.4 Å². The average molecular weight is 274 g/mol. The highest BCUT2D eigenvalue weighted by Gasteiger charge is 2.41. The van der Waals surface area contributed by atoms with E-state index in [4.69, 9.17) is 0 Å². The molecule has 1 aromatic heterocycles. The van der Waals surface area contributed by atoms with Crippen LogP contribution in [-0.4, -0.2) is 70.8 Å². The van der Waals surface area contributed by atoms with Crippen molar-refractivity contribution >= 4 is 11.8 Å². The van der Waals surface area contributed by atoms with E-state index in [1.165, 1.54) is 4.90 Å². The van der Waals surface area contributed by atoms with Crippen molar-refractivity contribution in [2.24, 2.45) is 0 Å². The normalized spacial score (nSPS) is 23.9. The molecule has 20 heavy (non-hydrogen) atoms. The van der Waals surface area contributed by atoms with Gasteiger partial charge in [0.25, 0.3) is 0 Å². The van der Waals surface area contributed by atoms with Gasteiger partial charge in [0.05, 0.1) is 12.2 Å². The van der Waals surface area contributed by atoms with Crippen LogP contribution in [-0.2, 0) is 16.1 Å². The second-order valence-electron chi connectivity index (χ2n) is 5.35. The van der Waals surface area contributed by atoms with Crippen molar-refractivity contribution in [1.29, 1.82) is 0 Å². The highest BCUT2D eigenvalue weighted by molar-refractivity contribution is 5.95. The first-order chi connectivity index (χ1) is 9.65. The lowest BCUT2D eigenvalue weighted by Gasteiger charge is -2.45. The molecule has 0 radical (unpaired) electrons. The maximum Gasteiger partial charge on any atom is 0.246 e. The van der Waals surface area contributed by atoms with Crippen molar-refractivity contribution in [2.75, 3.05) is 33.2 Å². The fourth-order valence-electron chi connectivity index (χ4n) is 2.84. The number of amides is 2. The van der Waals surface area contributed by atoms with Gasteiger partial charge in [-0.15, -0.1) is 0 Å². The minimum atomic E-state index is -0.335. The highest BCUT2D eigenvalue weighted by atomic mass is 16.2. The van der Waals surface area contributed by atoms with Crippen LogP contribution < -0.4 is 0 Å². The second kappa shape index (κ2) is 5.20. The second-order valence-corrected chi connectivity index (χ2v) is 5.35. The molecule has 6 nitrogen and oxygen atoms in total. The number of pyridine rings is 1. The molecule has 3 rings (SSSR count). The molecule has 2 amide bonds. The van der Waals surface area contributed by atoms with Gasteiger partial charge in [0.2, 0.25) is 11.8 Å². The van der Waals surface area contributed by atoms with Crippen molar-refractivity contribution in [3.63, 3.8) is 0 Å².